The lowest BCUT2D eigenvalue weighted by Crippen LogP contribution is -2.23. The predicted octanol–water partition coefficient (Wildman–Crippen LogP) is 3.72. The first-order chi connectivity index (χ1) is 12.6. The molecule has 0 saturated carbocycles. The Kier molecular flexibility index (Phi) is 6.20. The van der Waals surface area contributed by atoms with E-state index < -0.39 is 0 Å². The van der Waals surface area contributed by atoms with Crippen molar-refractivity contribution in [3.05, 3.63) is 75.0 Å². The van der Waals surface area contributed by atoms with Gasteiger partial charge in [-0.05, 0) is 18.6 Å². The fraction of sp³-hybridized carbons (Fsp3) is 0.211. The third-order valence-electron chi connectivity index (χ3n) is 3.81. The summed E-state index contributed by atoms with van der Waals surface area (Å²) in [5, 5.41) is 10.8. The minimum atomic E-state index is -0.159. The molecule has 0 saturated heterocycles. The van der Waals surface area contributed by atoms with Crippen LogP contribution in [0.2, 0.25) is 5.15 Å². The number of amides is 1. The zero-order chi connectivity index (χ0) is 18.4. The van der Waals surface area contributed by atoms with Gasteiger partial charge in [0, 0.05) is 36.2 Å². The molecule has 0 fully saturated rings. The SMILES string of the molecule is Cc1nn(Cc2ccccc2)c(Cl)c1/C=C/C(=O)NCCc1nccs1. The fourth-order valence-electron chi connectivity index (χ4n) is 2.50. The van der Waals surface area contributed by atoms with Gasteiger partial charge in [0.05, 0.1) is 17.2 Å². The van der Waals surface area contributed by atoms with Crippen molar-refractivity contribution in [2.75, 3.05) is 6.54 Å². The van der Waals surface area contributed by atoms with Crippen molar-refractivity contribution in [2.24, 2.45) is 0 Å². The molecule has 3 rings (SSSR count). The molecule has 0 spiro atoms. The van der Waals surface area contributed by atoms with Gasteiger partial charge in [0.15, 0.2) is 0 Å². The van der Waals surface area contributed by atoms with Crippen molar-refractivity contribution >= 4 is 34.9 Å². The second-order valence-electron chi connectivity index (χ2n) is 5.73. The molecule has 0 bridgehead atoms. The number of nitrogens with one attached hydrogen (secondary N) is 1. The number of thiazole rings is 1. The molecule has 3 aromatic rings. The maximum absolute atomic E-state index is 12.0. The number of aromatic nitrogens is 3. The lowest BCUT2D eigenvalue weighted by atomic mass is 10.2. The summed E-state index contributed by atoms with van der Waals surface area (Å²) in [6, 6.07) is 9.99. The van der Waals surface area contributed by atoms with Crippen LogP contribution < -0.4 is 5.32 Å². The molecule has 26 heavy (non-hydrogen) atoms. The van der Waals surface area contributed by atoms with Gasteiger partial charge in [0.2, 0.25) is 5.91 Å². The second-order valence-corrected chi connectivity index (χ2v) is 7.07. The van der Waals surface area contributed by atoms with Crippen LogP contribution in [0.25, 0.3) is 6.08 Å². The zero-order valence-corrected chi connectivity index (χ0v) is 15.9. The lowest BCUT2D eigenvalue weighted by molar-refractivity contribution is -0.116. The Morgan fingerprint density at radius 3 is 2.88 bits per heavy atom. The average molecular weight is 387 g/mol. The van der Waals surface area contributed by atoms with Crippen molar-refractivity contribution in [2.45, 2.75) is 19.9 Å². The van der Waals surface area contributed by atoms with E-state index >= 15 is 0 Å². The monoisotopic (exact) mass is 386 g/mol. The number of carbonyl (C=O) groups is 1. The second kappa shape index (κ2) is 8.78. The Morgan fingerprint density at radius 1 is 1.35 bits per heavy atom. The first kappa shape index (κ1) is 18.4. The van der Waals surface area contributed by atoms with E-state index in [4.69, 9.17) is 11.6 Å². The summed E-state index contributed by atoms with van der Waals surface area (Å²) >= 11 is 8.03. The van der Waals surface area contributed by atoms with E-state index in [9.17, 15) is 4.79 Å². The molecular formula is C19H19ClN4OS. The number of halogens is 1. The Labute approximate surface area is 161 Å². The quantitative estimate of drug-likeness (QED) is 0.629. The molecule has 0 aliphatic heterocycles. The molecular weight excluding hydrogens is 368 g/mol. The summed E-state index contributed by atoms with van der Waals surface area (Å²) in [4.78, 5) is 16.2. The van der Waals surface area contributed by atoms with Gasteiger partial charge in [-0.2, -0.15) is 5.10 Å². The van der Waals surface area contributed by atoms with Crippen LogP contribution in [-0.2, 0) is 17.8 Å². The Hall–Kier alpha value is -2.44. The molecule has 134 valence electrons. The minimum absolute atomic E-state index is 0.159. The van der Waals surface area contributed by atoms with Crippen molar-refractivity contribution in [3.8, 4) is 0 Å². The summed E-state index contributed by atoms with van der Waals surface area (Å²) in [5.41, 5.74) is 2.67. The van der Waals surface area contributed by atoms with Gasteiger partial charge in [-0.25, -0.2) is 9.67 Å². The number of hydrogen-bond donors (Lipinski definition) is 1. The smallest absolute Gasteiger partial charge is 0.244 e. The molecule has 1 N–H and O–H groups in total. The van der Waals surface area contributed by atoms with Crippen LogP contribution in [0.1, 0.15) is 21.8 Å². The number of rotatable bonds is 7. The normalized spacial score (nSPS) is 11.2. The third kappa shape index (κ3) is 4.80. The summed E-state index contributed by atoms with van der Waals surface area (Å²) in [6.07, 6.45) is 5.70. The largest absolute Gasteiger partial charge is 0.352 e. The van der Waals surface area contributed by atoms with Crippen LogP contribution in [0.5, 0.6) is 0 Å². The van der Waals surface area contributed by atoms with Gasteiger partial charge < -0.3 is 5.32 Å². The number of benzene rings is 1. The molecule has 0 unspecified atom stereocenters. The molecule has 2 aromatic heterocycles. The van der Waals surface area contributed by atoms with Crippen molar-refractivity contribution < 1.29 is 4.79 Å². The molecule has 0 aliphatic carbocycles. The lowest BCUT2D eigenvalue weighted by Gasteiger charge is -2.03. The molecule has 1 aromatic carbocycles. The molecule has 0 atom stereocenters. The molecule has 1 amide bonds. The number of carbonyl (C=O) groups excluding carboxylic acids is 1. The van der Waals surface area contributed by atoms with Crippen LogP contribution in [0.3, 0.4) is 0 Å². The zero-order valence-electron chi connectivity index (χ0n) is 14.4. The van der Waals surface area contributed by atoms with E-state index in [1.165, 1.54) is 6.08 Å². The molecule has 5 nitrogen and oxygen atoms in total. The first-order valence-corrected chi connectivity index (χ1v) is 9.50. The van der Waals surface area contributed by atoms with Gasteiger partial charge in [0.25, 0.3) is 0 Å². The Morgan fingerprint density at radius 2 is 2.15 bits per heavy atom. The summed E-state index contributed by atoms with van der Waals surface area (Å²) in [5.74, 6) is -0.159. The number of nitrogens with zero attached hydrogens (tertiary/aromatic N) is 3. The molecule has 2 heterocycles. The average Bonchev–Trinajstić information content (AvgIpc) is 3.23. The van der Waals surface area contributed by atoms with Gasteiger partial charge in [-0.3, -0.25) is 4.79 Å². The minimum Gasteiger partial charge on any atom is -0.352 e. The van der Waals surface area contributed by atoms with E-state index in [0.717, 1.165) is 28.2 Å². The van der Waals surface area contributed by atoms with E-state index in [0.29, 0.717) is 18.2 Å². The van der Waals surface area contributed by atoms with E-state index in [1.54, 1.807) is 28.3 Å². The number of aryl methyl sites for hydroxylation is 1. The number of hydrogen-bond acceptors (Lipinski definition) is 4. The van der Waals surface area contributed by atoms with Crippen molar-refractivity contribution in [3.63, 3.8) is 0 Å². The maximum atomic E-state index is 12.0. The highest BCUT2D eigenvalue weighted by atomic mass is 35.5. The molecule has 7 heteroatoms. The third-order valence-corrected chi connectivity index (χ3v) is 5.05. The van der Waals surface area contributed by atoms with Crippen LogP contribution in [0, 0.1) is 6.92 Å². The highest BCUT2D eigenvalue weighted by molar-refractivity contribution is 7.09. The van der Waals surface area contributed by atoms with Crippen molar-refractivity contribution in [1.29, 1.82) is 0 Å². The standard InChI is InChI=1S/C19H19ClN4OS/c1-14-16(7-8-17(25)21-10-9-18-22-11-12-26-18)19(20)24(23-14)13-15-5-3-2-4-6-15/h2-8,11-12H,9-10,13H2,1H3,(H,21,25)/b8-7+. The molecule has 0 radical (unpaired) electrons. The van der Waals surface area contributed by atoms with Gasteiger partial charge in [0.1, 0.15) is 5.15 Å². The van der Waals surface area contributed by atoms with E-state index in [1.807, 2.05) is 42.6 Å². The summed E-state index contributed by atoms with van der Waals surface area (Å²) in [7, 11) is 0. The summed E-state index contributed by atoms with van der Waals surface area (Å²) in [6.45, 7) is 3.03. The highest BCUT2D eigenvalue weighted by Gasteiger charge is 2.11. The fourth-order valence-corrected chi connectivity index (χ4v) is 3.42. The topological polar surface area (TPSA) is 59.8 Å². The van der Waals surface area contributed by atoms with Gasteiger partial charge in [-0.15, -0.1) is 11.3 Å². The van der Waals surface area contributed by atoms with Gasteiger partial charge in [-0.1, -0.05) is 41.9 Å². The highest BCUT2D eigenvalue weighted by Crippen LogP contribution is 2.22. The molecule has 0 aliphatic rings. The van der Waals surface area contributed by atoms with E-state index in [2.05, 4.69) is 15.4 Å². The first-order valence-electron chi connectivity index (χ1n) is 8.24. The van der Waals surface area contributed by atoms with Crippen LogP contribution >= 0.6 is 22.9 Å². The maximum Gasteiger partial charge on any atom is 0.244 e. The van der Waals surface area contributed by atoms with Crippen molar-refractivity contribution in [1.82, 2.24) is 20.1 Å². The predicted molar refractivity (Wildman–Crippen MR) is 105 cm³/mol. The van der Waals surface area contributed by atoms with E-state index in [-0.39, 0.29) is 5.91 Å². The Balaban J connectivity index is 1.60. The summed E-state index contributed by atoms with van der Waals surface area (Å²) < 4.78 is 1.74. The Bertz CT molecular complexity index is 888. The van der Waals surface area contributed by atoms with Gasteiger partial charge >= 0.3 is 0 Å². The van der Waals surface area contributed by atoms with Crippen LogP contribution in [0.15, 0.2) is 48.0 Å². The van der Waals surface area contributed by atoms with Crippen LogP contribution in [0.4, 0.5) is 0 Å². The van der Waals surface area contributed by atoms with Crippen LogP contribution in [-0.4, -0.2) is 27.2 Å².